The first-order valence-electron chi connectivity index (χ1n) is 12.9. The standard InChI is InChI=1S/C30H33NO10/c1-19(32)37-18-26-27(38-20(2)33)28(39-21(3)34)29(40-22(4)35)30(41-26)36-17-11-16-25(23-12-7-5-8-13-23)31-24-14-9-6-10-15-24/h5-10,12-15,25-31H,17-18H2,1-4H3/t25?,26-,27-,28+,29-,30-/m1/s1. The summed E-state index contributed by atoms with van der Waals surface area (Å²) in [5.41, 5.74) is 1.80. The molecule has 2 aromatic carbocycles. The zero-order chi connectivity index (χ0) is 29.8. The van der Waals surface area contributed by atoms with E-state index in [1.165, 1.54) is 6.92 Å². The molecule has 41 heavy (non-hydrogen) atoms. The van der Waals surface area contributed by atoms with Crippen molar-refractivity contribution in [1.29, 1.82) is 0 Å². The van der Waals surface area contributed by atoms with E-state index in [0.29, 0.717) is 0 Å². The van der Waals surface area contributed by atoms with E-state index in [9.17, 15) is 19.2 Å². The van der Waals surface area contributed by atoms with Crippen molar-refractivity contribution in [1.82, 2.24) is 0 Å². The number of anilines is 1. The fraction of sp³-hybridized carbons (Fsp3) is 0.400. The first-order chi connectivity index (χ1) is 19.6. The second kappa shape index (κ2) is 15.4. The monoisotopic (exact) mass is 567 g/mol. The van der Waals surface area contributed by atoms with Crippen LogP contribution in [0.25, 0.3) is 0 Å². The third-order valence-electron chi connectivity index (χ3n) is 5.73. The highest BCUT2D eigenvalue weighted by atomic mass is 16.7. The number of carbonyl (C=O) groups is 4. The van der Waals surface area contributed by atoms with Crippen LogP contribution in [0.5, 0.6) is 0 Å². The maximum absolute atomic E-state index is 12.0. The summed E-state index contributed by atoms with van der Waals surface area (Å²) in [6.45, 7) is 4.14. The first-order valence-corrected chi connectivity index (χ1v) is 12.9. The van der Waals surface area contributed by atoms with Crippen molar-refractivity contribution in [3.63, 3.8) is 0 Å². The Morgan fingerprint density at radius 2 is 1.34 bits per heavy atom. The molecule has 0 aliphatic carbocycles. The van der Waals surface area contributed by atoms with E-state index in [2.05, 4.69) is 17.2 Å². The Labute approximate surface area is 238 Å². The molecule has 11 heteroatoms. The summed E-state index contributed by atoms with van der Waals surface area (Å²) >= 11 is 0. The molecule has 6 atom stereocenters. The molecule has 0 amide bonds. The molecule has 11 nitrogen and oxygen atoms in total. The molecule has 0 spiro atoms. The molecule has 1 unspecified atom stereocenters. The Morgan fingerprint density at radius 3 is 1.93 bits per heavy atom. The SMILES string of the molecule is CC(=O)OC[C@H]1O[C@@H](OCC#CC(Nc2ccccc2)c2ccccc2)[C@H](OC(C)=O)[C@@H](OC(C)=O)[C@@H]1OC(C)=O. The number of carbonyl (C=O) groups excluding carboxylic acids is 4. The van der Waals surface area contributed by atoms with Crippen molar-refractivity contribution >= 4 is 29.6 Å². The van der Waals surface area contributed by atoms with Crippen LogP contribution in [-0.2, 0) is 47.6 Å². The Balaban J connectivity index is 1.85. The maximum atomic E-state index is 12.0. The van der Waals surface area contributed by atoms with Crippen LogP contribution in [0, 0.1) is 11.8 Å². The first kappa shape index (κ1) is 31.1. The molecule has 3 rings (SSSR count). The number of nitrogens with one attached hydrogen (secondary N) is 1. The van der Waals surface area contributed by atoms with Crippen molar-refractivity contribution in [2.75, 3.05) is 18.5 Å². The van der Waals surface area contributed by atoms with Gasteiger partial charge in [0.15, 0.2) is 24.6 Å². The van der Waals surface area contributed by atoms with Crippen LogP contribution in [0.2, 0.25) is 0 Å². The van der Waals surface area contributed by atoms with Gasteiger partial charge in [-0.1, -0.05) is 60.4 Å². The lowest BCUT2D eigenvalue weighted by molar-refractivity contribution is -0.305. The predicted octanol–water partition coefficient (Wildman–Crippen LogP) is 2.94. The summed E-state index contributed by atoms with van der Waals surface area (Å²) < 4.78 is 33.1. The summed E-state index contributed by atoms with van der Waals surface area (Å²) in [6.07, 6.45) is -6.30. The molecular weight excluding hydrogens is 534 g/mol. The van der Waals surface area contributed by atoms with E-state index >= 15 is 0 Å². The summed E-state index contributed by atoms with van der Waals surface area (Å²) in [7, 11) is 0. The summed E-state index contributed by atoms with van der Waals surface area (Å²) in [4.78, 5) is 47.3. The average Bonchev–Trinajstić information content (AvgIpc) is 2.92. The molecule has 1 aliphatic rings. The summed E-state index contributed by atoms with van der Waals surface area (Å²) in [5, 5.41) is 3.37. The number of para-hydroxylation sites is 1. The van der Waals surface area contributed by atoms with E-state index in [1.54, 1.807) is 0 Å². The van der Waals surface area contributed by atoms with Crippen LogP contribution in [0.3, 0.4) is 0 Å². The molecular formula is C30H33NO10. The molecule has 1 heterocycles. The second-order valence-electron chi connectivity index (χ2n) is 9.05. The van der Waals surface area contributed by atoms with Crippen LogP contribution < -0.4 is 5.32 Å². The zero-order valence-electron chi connectivity index (χ0n) is 23.2. The van der Waals surface area contributed by atoms with Gasteiger partial charge in [0.1, 0.15) is 25.4 Å². The van der Waals surface area contributed by atoms with Gasteiger partial charge < -0.3 is 33.7 Å². The van der Waals surface area contributed by atoms with Gasteiger partial charge in [0, 0.05) is 33.4 Å². The van der Waals surface area contributed by atoms with E-state index in [0.717, 1.165) is 32.0 Å². The van der Waals surface area contributed by atoms with Crippen molar-refractivity contribution in [3.05, 3.63) is 66.2 Å². The summed E-state index contributed by atoms with van der Waals surface area (Å²) in [5.74, 6) is 3.32. The number of hydrogen-bond acceptors (Lipinski definition) is 11. The van der Waals surface area contributed by atoms with E-state index < -0.39 is 54.6 Å². The molecule has 1 fully saturated rings. The third kappa shape index (κ3) is 9.94. The topological polar surface area (TPSA) is 136 Å². The molecule has 0 aromatic heterocycles. The highest BCUT2D eigenvalue weighted by Crippen LogP contribution is 2.30. The molecule has 1 saturated heterocycles. The van der Waals surface area contributed by atoms with Gasteiger partial charge in [-0.15, -0.1) is 0 Å². The highest BCUT2D eigenvalue weighted by molar-refractivity contribution is 5.68. The van der Waals surface area contributed by atoms with Crippen LogP contribution >= 0.6 is 0 Å². The predicted molar refractivity (Wildman–Crippen MR) is 145 cm³/mol. The molecule has 0 bridgehead atoms. The molecule has 1 aliphatic heterocycles. The Hall–Kier alpha value is -4.40. The van der Waals surface area contributed by atoms with Gasteiger partial charge in [0.25, 0.3) is 0 Å². The van der Waals surface area contributed by atoms with Crippen LogP contribution in [-0.4, -0.2) is 67.8 Å². The van der Waals surface area contributed by atoms with E-state index in [1.807, 2.05) is 60.7 Å². The smallest absolute Gasteiger partial charge is 0.303 e. The average molecular weight is 568 g/mol. The number of benzene rings is 2. The fourth-order valence-corrected chi connectivity index (χ4v) is 4.14. The Kier molecular flexibility index (Phi) is 11.7. The molecule has 0 radical (unpaired) electrons. The third-order valence-corrected chi connectivity index (χ3v) is 5.73. The lowest BCUT2D eigenvalue weighted by atomic mass is 9.98. The van der Waals surface area contributed by atoms with Gasteiger partial charge >= 0.3 is 23.9 Å². The van der Waals surface area contributed by atoms with Gasteiger partial charge in [-0.05, 0) is 17.7 Å². The van der Waals surface area contributed by atoms with Crippen molar-refractivity contribution < 1.29 is 47.6 Å². The van der Waals surface area contributed by atoms with Crippen molar-refractivity contribution in [2.24, 2.45) is 0 Å². The van der Waals surface area contributed by atoms with E-state index in [-0.39, 0.29) is 19.3 Å². The van der Waals surface area contributed by atoms with Crippen molar-refractivity contribution in [2.45, 2.75) is 64.4 Å². The van der Waals surface area contributed by atoms with Gasteiger partial charge in [-0.25, -0.2) is 0 Å². The number of hydrogen-bond donors (Lipinski definition) is 1. The lowest BCUT2D eigenvalue weighted by Crippen LogP contribution is -2.63. The molecule has 1 N–H and O–H groups in total. The highest BCUT2D eigenvalue weighted by Gasteiger charge is 2.52. The minimum atomic E-state index is -1.32. The van der Waals surface area contributed by atoms with E-state index in [4.69, 9.17) is 28.4 Å². The molecule has 0 saturated carbocycles. The fourth-order valence-electron chi connectivity index (χ4n) is 4.14. The minimum absolute atomic E-state index is 0.173. The van der Waals surface area contributed by atoms with Gasteiger partial charge in [-0.3, -0.25) is 19.2 Å². The molecule has 2 aromatic rings. The van der Waals surface area contributed by atoms with Crippen molar-refractivity contribution in [3.8, 4) is 11.8 Å². The van der Waals surface area contributed by atoms with Crippen LogP contribution in [0.15, 0.2) is 60.7 Å². The van der Waals surface area contributed by atoms with Crippen LogP contribution in [0.4, 0.5) is 5.69 Å². The maximum Gasteiger partial charge on any atom is 0.303 e. The Bertz CT molecular complexity index is 1240. The Morgan fingerprint density at radius 1 is 0.780 bits per heavy atom. The normalized spacial score (nSPS) is 22.2. The number of ether oxygens (including phenoxy) is 6. The number of esters is 4. The van der Waals surface area contributed by atoms with Gasteiger partial charge in [-0.2, -0.15) is 0 Å². The minimum Gasteiger partial charge on any atom is -0.463 e. The second-order valence-corrected chi connectivity index (χ2v) is 9.05. The quantitative estimate of drug-likeness (QED) is 0.258. The number of rotatable bonds is 10. The van der Waals surface area contributed by atoms with Gasteiger partial charge in [0.2, 0.25) is 0 Å². The van der Waals surface area contributed by atoms with Gasteiger partial charge in [0.05, 0.1) is 0 Å². The zero-order valence-corrected chi connectivity index (χ0v) is 23.2. The van der Waals surface area contributed by atoms with Crippen LogP contribution in [0.1, 0.15) is 39.3 Å². The molecule has 218 valence electrons. The largest absolute Gasteiger partial charge is 0.463 e. The lowest BCUT2D eigenvalue weighted by Gasteiger charge is -2.43. The summed E-state index contributed by atoms with van der Waals surface area (Å²) in [6, 6.07) is 18.8.